The number of hydrogen-bond acceptors (Lipinski definition) is 6. The average Bonchev–Trinajstić information content (AvgIpc) is 2.89. The van der Waals surface area contributed by atoms with Crippen LogP contribution in [-0.2, 0) is 24.8 Å². The lowest BCUT2D eigenvalue weighted by molar-refractivity contribution is 0.0396. The van der Waals surface area contributed by atoms with Crippen molar-refractivity contribution in [1.29, 1.82) is 0 Å². The highest BCUT2D eigenvalue weighted by atomic mass is 32.2. The van der Waals surface area contributed by atoms with Crippen LogP contribution in [0.25, 0.3) is 0 Å². The van der Waals surface area contributed by atoms with Crippen LogP contribution in [0.5, 0.6) is 0 Å². The van der Waals surface area contributed by atoms with Crippen LogP contribution in [0.3, 0.4) is 0 Å². The minimum Gasteiger partial charge on any atom is -0.379 e. The zero-order valence-electron chi connectivity index (χ0n) is 22.6. The van der Waals surface area contributed by atoms with E-state index in [1.807, 2.05) is 32.6 Å². The van der Waals surface area contributed by atoms with E-state index in [0.717, 1.165) is 11.1 Å². The summed E-state index contributed by atoms with van der Waals surface area (Å²) in [6, 6.07) is 13.5. The maximum Gasteiger partial charge on any atom is 0.283 e. The van der Waals surface area contributed by atoms with Gasteiger partial charge in [-0.05, 0) is 50.5 Å². The van der Waals surface area contributed by atoms with Gasteiger partial charge >= 0.3 is 0 Å². The first-order valence-corrected chi connectivity index (χ1v) is 15.9. The van der Waals surface area contributed by atoms with Crippen molar-refractivity contribution in [2.24, 2.45) is 10.3 Å². The molecule has 38 heavy (non-hydrogen) atoms. The van der Waals surface area contributed by atoms with Gasteiger partial charge in [0.05, 0.1) is 35.7 Å². The molecule has 11 heteroatoms. The number of ether oxygens (including phenoxy) is 1. The van der Waals surface area contributed by atoms with Crippen LogP contribution < -0.4 is 0 Å². The van der Waals surface area contributed by atoms with Crippen molar-refractivity contribution in [2.45, 2.75) is 50.1 Å². The van der Waals surface area contributed by atoms with Crippen LogP contribution in [0.4, 0.5) is 0 Å². The second-order valence-electron chi connectivity index (χ2n) is 10.3. The molecule has 1 unspecified atom stereocenters. The second kappa shape index (κ2) is 11.8. The number of hydrogen-bond donors (Lipinski definition) is 0. The molecular formula is C27H38N4O5S2. The maximum atomic E-state index is 13.8. The minimum absolute atomic E-state index is 0.116. The molecule has 9 nitrogen and oxygen atoms in total. The number of amidine groups is 1. The Balaban J connectivity index is 1.76. The molecular weight excluding hydrogens is 524 g/mol. The summed E-state index contributed by atoms with van der Waals surface area (Å²) in [5, 5.41) is 0. The molecule has 2 fully saturated rings. The van der Waals surface area contributed by atoms with Crippen molar-refractivity contribution in [1.82, 2.24) is 14.1 Å². The Labute approximate surface area is 227 Å². The topological polar surface area (TPSA) is 99.6 Å². The molecule has 2 aliphatic heterocycles. The molecule has 0 bridgehead atoms. The van der Waals surface area contributed by atoms with E-state index in [9.17, 15) is 16.8 Å². The van der Waals surface area contributed by atoms with Gasteiger partial charge in [-0.1, -0.05) is 49.2 Å². The van der Waals surface area contributed by atoms with E-state index >= 15 is 0 Å². The smallest absolute Gasteiger partial charge is 0.283 e. The highest BCUT2D eigenvalue weighted by Crippen LogP contribution is 2.29. The van der Waals surface area contributed by atoms with Crippen LogP contribution in [0, 0.1) is 19.8 Å². The van der Waals surface area contributed by atoms with Crippen molar-refractivity contribution in [3.63, 3.8) is 0 Å². The van der Waals surface area contributed by atoms with E-state index in [1.165, 1.54) is 4.31 Å². The van der Waals surface area contributed by atoms with E-state index < -0.39 is 26.2 Å². The fourth-order valence-electron chi connectivity index (χ4n) is 4.93. The average molecular weight is 563 g/mol. The summed E-state index contributed by atoms with van der Waals surface area (Å²) in [5.41, 5.74) is 1.93. The van der Waals surface area contributed by atoms with Crippen molar-refractivity contribution in [3.8, 4) is 0 Å². The van der Waals surface area contributed by atoms with Crippen LogP contribution >= 0.6 is 0 Å². The Morgan fingerprint density at radius 3 is 1.97 bits per heavy atom. The first-order valence-electron chi connectivity index (χ1n) is 13.0. The Morgan fingerprint density at radius 2 is 1.42 bits per heavy atom. The second-order valence-corrected chi connectivity index (χ2v) is 13.8. The largest absolute Gasteiger partial charge is 0.379 e. The molecule has 2 aromatic carbocycles. The fourth-order valence-corrected chi connectivity index (χ4v) is 7.72. The third-order valence-corrected chi connectivity index (χ3v) is 10.2. The Bertz CT molecular complexity index is 1330. The van der Waals surface area contributed by atoms with Gasteiger partial charge in [0.15, 0.2) is 0 Å². The molecule has 2 aromatic rings. The van der Waals surface area contributed by atoms with Crippen molar-refractivity contribution in [3.05, 3.63) is 59.7 Å². The van der Waals surface area contributed by atoms with Crippen molar-refractivity contribution in [2.75, 3.05) is 45.9 Å². The van der Waals surface area contributed by atoms with Gasteiger partial charge in [-0.15, -0.1) is 4.40 Å². The molecule has 0 saturated carbocycles. The van der Waals surface area contributed by atoms with Gasteiger partial charge in [0.2, 0.25) is 10.0 Å². The lowest BCUT2D eigenvalue weighted by Crippen LogP contribution is -2.61. The Hall–Kier alpha value is -2.31. The minimum atomic E-state index is -4.01. The van der Waals surface area contributed by atoms with Crippen molar-refractivity contribution < 1.29 is 21.6 Å². The van der Waals surface area contributed by atoms with E-state index in [-0.39, 0.29) is 22.3 Å². The molecule has 0 N–H and O–H groups in total. The molecule has 2 aliphatic rings. The predicted octanol–water partition coefficient (Wildman–Crippen LogP) is 3.10. The quantitative estimate of drug-likeness (QED) is 0.378. The Kier molecular flexibility index (Phi) is 8.93. The van der Waals surface area contributed by atoms with Gasteiger partial charge in [-0.3, -0.25) is 4.90 Å². The van der Waals surface area contributed by atoms with Gasteiger partial charge in [-0.2, -0.15) is 12.7 Å². The summed E-state index contributed by atoms with van der Waals surface area (Å²) in [6.45, 7) is 11.3. The molecule has 1 atom stereocenters. The highest BCUT2D eigenvalue weighted by molar-refractivity contribution is 7.90. The molecule has 208 valence electrons. The van der Waals surface area contributed by atoms with Gasteiger partial charge in [0, 0.05) is 26.2 Å². The van der Waals surface area contributed by atoms with Crippen LogP contribution in [0.1, 0.15) is 31.4 Å². The van der Waals surface area contributed by atoms with Crippen LogP contribution in [0.2, 0.25) is 0 Å². The number of rotatable bonds is 7. The third-order valence-electron chi connectivity index (χ3n) is 6.96. The normalized spacial score (nSPS) is 20.7. The summed E-state index contributed by atoms with van der Waals surface area (Å²) >= 11 is 0. The summed E-state index contributed by atoms with van der Waals surface area (Å²) in [5.74, 6) is 0.238. The summed E-state index contributed by atoms with van der Waals surface area (Å²) in [6.07, 6.45) is -0.0239. The molecule has 2 saturated heterocycles. The Morgan fingerprint density at radius 1 is 0.868 bits per heavy atom. The number of nitrogens with zero attached hydrogens (tertiary/aromatic N) is 4. The van der Waals surface area contributed by atoms with Crippen molar-refractivity contribution >= 4 is 25.9 Å². The molecule has 0 spiro atoms. The third kappa shape index (κ3) is 6.45. The number of aryl methyl sites for hydroxylation is 2. The van der Waals surface area contributed by atoms with Gasteiger partial charge in [-0.25, -0.2) is 8.42 Å². The lowest BCUT2D eigenvalue weighted by Gasteiger charge is -2.47. The molecule has 4 rings (SSSR count). The lowest BCUT2D eigenvalue weighted by atomic mass is 10.1. The van der Waals surface area contributed by atoms with Gasteiger partial charge in [0.1, 0.15) is 5.84 Å². The summed E-state index contributed by atoms with van der Waals surface area (Å²) in [7, 11) is -7.83. The molecule has 0 aliphatic carbocycles. The van der Waals surface area contributed by atoms with Gasteiger partial charge < -0.3 is 9.64 Å². The predicted molar refractivity (Wildman–Crippen MR) is 148 cm³/mol. The SMILES string of the molecule is Cc1ccc(S(=O)(=O)/N=C(/CN2CCOCC2)N2CCCN(S(=O)(=O)c3ccc(C)cc3)C2C(C)C)cc1. The summed E-state index contributed by atoms with van der Waals surface area (Å²) < 4.78 is 65.9. The van der Waals surface area contributed by atoms with E-state index in [0.29, 0.717) is 51.6 Å². The van der Waals surface area contributed by atoms with Crippen LogP contribution in [0.15, 0.2) is 62.7 Å². The van der Waals surface area contributed by atoms with E-state index in [4.69, 9.17) is 4.74 Å². The van der Waals surface area contributed by atoms with E-state index in [2.05, 4.69) is 9.30 Å². The fraction of sp³-hybridized carbons (Fsp3) is 0.519. The number of benzene rings is 2. The monoisotopic (exact) mass is 562 g/mol. The zero-order chi connectivity index (χ0) is 27.5. The number of morpholine rings is 1. The number of sulfonamides is 2. The maximum absolute atomic E-state index is 13.8. The summed E-state index contributed by atoms with van der Waals surface area (Å²) in [4.78, 5) is 4.35. The van der Waals surface area contributed by atoms with Crippen LogP contribution in [-0.4, -0.2) is 88.9 Å². The molecule has 0 radical (unpaired) electrons. The molecule has 0 aromatic heterocycles. The van der Waals surface area contributed by atoms with E-state index in [1.54, 1.807) is 48.5 Å². The standard InChI is InChI=1S/C27H38N4O5S2/c1-21(2)27-30(14-5-15-31(27)38(34,35)25-12-8-23(4)9-13-25)26(20-29-16-18-36-19-17-29)28-37(32,33)24-10-6-22(3)7-11-24/h6-13,21,27H,5,14-20H2,1-4H3/b28-26-. The molecule has 0 amide bonds. The highest BCUT2D eigenvalue weighted by Gasteiger charge is 2.41. The van der Waals surface area contributed by atoms with Gasteiger partial charge in [0.25, 0.3) is 10.0 Å². The first kappa shape index (κ1) is 28.7. The first-order chi connectivity index (χ1) is 18.0. The molecule has 2 heterocycles. The zero-order valence-corrected chi connectivity index (χ0v) is 24.2.